The van der Waals surface area contributed by atoms with E-state index in [2.05, 4.69) is 27.0 Å². The lowest BCUT2D eigenvalue weighted by Gasteiger charge is -2.56. The van der Waals surface area contributed by atoms with E-state index in [1.165, 1.54) is 68.7 Å². The molecule has 1 N–H and O–H groups in total. The van der Waals surface area contributed by atoms with Crippen molar-refractivity contribution < 1.29 is 19.1 Å². The van der Waals surface area contributed by atoms with Crippen molar-refractivity contribution in [3.63, 3.8) is 0 Å². The highest BCUT2D eigenvalue weighted by Gasteiger charge is 2.51. The molecule has 3 aromatic rings. The molecule has 1 amide bonds. The number of anilines is 1. The number of hydrogen-bond acceptors (Lipinski definition) is 8. The quantitative estimate of drug-likeness (QED) is 0.222. The summed E-state index contributed by atoms with van der Waals surface area (Å²) in [5.74, 6) is 3.97. The van der Waals surface area contributed by atoms with E-state index in [1.54, 1.807) is 7.11 Å². The second-order valence-electron chi connectivity index (χ2n) is 11.6. The third kappa shape index (κ3) is 5.28. The summed E-state index contributed by atoms with van der Waals surface area (Å²) in [7, 11) is 2.95. The number of benzene rings is 1. The van der Waals surface area contributed by atoms with Crippen molar-refractivity contribution in [1.29, 1.82) is 0 Å². The Morgan fingerprint density at radius 2 is 1.75 bits per heavy atom. The molecule has 4 saturated carbocycles. The Kier molecular flexibility index (Phi) is 7.65. The Bertz CT molecular complexity index is 1360. The van der Waals surface area contributed by atoms with Crippen LogP contribution in [-0.4, -0.2) is 46.6 Å². The van der Waals surface area contributed by atoms with Crippen LogP contribution in [0.15, 0.2) is 34.8 Å². The lowest BCUT2D eigenvalue weighted by Crippen LogP contribution is -2.47. The lowest BCUT2D eigenvalue weighted by atomic mass is 9.49. The lowest BCUT2D eigenvalue weighted by molar-refractivity contribution is -0.113. The van der Waals surface area contributed by atoms with Crippen molar-refractivity contribution in [2.24, 2.45) is 23.2 Å². The largest absolute Gasteiger partial charge is 0.497 e. The maximum atomic E-state index is 13.0. The molecule has 212 valence electrons. The number of nitrogens with zero attached hydrogens (tertiary/aromatic N) is 3. The van der Waals surface area contributed by atoms with Gasteiger partial charge >= 0.3 is 5.97 Å². The normalized spacial score (nSPS) is 24.7. The van der Waals surface area contributed by atoms with Gasteiger partial charge in [0.15, 0.2) is 5.16 Å². The first-order valence-corrected chi connectivity index (χ1v) is 16.0. The minimum Gasteiger partial charge on any atom is -0.497 e. The number of rotatable bonds is 10. The topological polar surface area (TPSA) is 95.3 Å². The maximum absolute atomic E-state index is 13.0. The van der Waals surface area contributed by atoms with Crippen LogP contribution in [0.1, 0.15) is 61.6 Å². The summed E-state index contributed by atoms with van der Waals surface area (Å²) >= 11 is 2.70. The fraction of sp³-hybridized carbons (Fsp3) is 0.533. The van der Waals surface area contributed by atoms with Crippen molar-refractivity contribution in [3.8, 4) is 16.9 Å². The highest BCUT2D eigenvalue weighted by molar-refractivity contribution is 7.99. The molecule has 40 heavy (non-hydrogen) atoms. The van der Waals surface area contributed by atoms with Gasteiger partial charge < -0.3 is 19.4 Å². The van der Waals surface area contributed by atoms with E-state index in [9.17, 15) is 9.59 Å². The molecular weight excluding hydrogens is 544 g/mol. The van der Waals surface area contributed by atoms with Gasteiger partial charge in [0.05, 0.1) is 20.0 Å². The Morgan fingerprint density at radius 1 is 1.07 bits per heavy atom. The maximum Gasteiger partial charge on any atom is 0.341 e. The minimum atomic E-state index is -0.491. The van der Waals surface area contributed by atoms with Crippen LogP contribution in [0.4, 0.5) is 5.00 Å². The van der Waals surface area contributed by atoms with Crippen LogP contribution < -0.4 is 10.1 Å². The molecule has 10 heteroatoms. The molecular formula is C30H36N4O4S2. The predicted molar refractivity (Wildman–Crippen MR) is 157 cm³/mol. The number of carbonyl (C=O) groups is 2. The summed E-state index contributed by atoms with van der Waals surface area (Å²) < 4.78 is 12.5. The summed E-state index contributed by atoms with van der Waals surface area (Å²) in [6, 6.07) is 7.44. The van der Waals surface area contributed by atoms with Crippen LogP contribution in [0, 0.1) is 23.2 Å². The Hall–Kier alpha value is -2.85. The Morgan fingerprint density at radius 3 is 2.35 bits per heavy atom. The number of nitrogens with one attached hydrogen (secondary N) is 1. The molecule has 8 nitrogen and oxygen atoms in total. The zero-order valence-electron chi connectivity index (χ0n) is 23.3. The molecule has 0 atom stereocenters. The van der Waals surface area contributed by atoms with Gasteiger partial charge in [0.25, 0.3) is 0 Å². The molecule has 4 bridgehead atoms. The summed E-state index contributed by atoms with van der Waals surface area (Å²) in [5.41, 5.74) is 2.29. The number of thiophene rings is 1. The summed E-state index contributed by atoms with van der Waals surface area (Å²) in [5, 5.41) is 15.2. The van der Waals surface area contributed by atoms with Gasteiger partial charge in [0, 0.05) is 23.9 Å². The summed E-state index contributed by atoms with van der Waals surface area (Å²) in [6.45, 7) is 2.90. The van der Waals surface area contributed by atoms with Gasteiger partial charge in [0.1, 0.15) is 22.1 Å². The van der Waals surface area contributed by atoms with Gasteiger partial charge in [-0.15, -0.1) is 21.5 Å². The van der Waals surface area contributed by atoms with Gasteiger partial charge in [0.2, 0.25) is 5.91 Å². The van der Waals surface area contributed by atoms with Crippen molar-refractivity contribution in [3.05, 3.63) is 41.0 Å². The van der Waals surface area contributed by atoms with E-state index in [0.717, 1.165) is 53.0 Å². The molecule has 4 fully saturated rings. The fourth-order valence-electron chi connectivity index (χ4n) is 7.75. The summed E-state index contributed by atoms with van der Waals surface area (Å²) in [4.78, 5) is 25.7. The third-order valence-electron chi connectivity index (χ3n) is 8.97. The Labute approximate surface area is 243 Å². The third-order valence-corrected chi connectivity index (χ3v) is 10.8. The molecule has 7 rings (SSSR count). The molecule has 1 aromatic carbocycles. The highest BCUT2D eigenvalue weighted by atomic mass is 32.2. The fourth-order valence-corrected chi connectivity index (χ4v) is 9.54. The average Bonchev–Trinajstić information content (AvgIpc) is 3.53. The number of methoxy groups -OCH3 is 2. The van der Waals surface area contributed by atoms with Crippen LogP contribution in [0.3, 0.4) is 0 Å². The molecule has 2 heterocycles. The number of carbonyl (C=O) groups excluding carboxylic acids is 2. The second kappa shape index (κ2) is 11.2. The monoisotopic (exact) mass is 580 g/mol. The van der Waals surface area contributed by atoms with Crippen LogP contribution >= 0.6 is 23.1 Å². The molecule has 2 aromatic heterocycles. The van der Waals surface area contributed by atoms with E-state index >= 15 is 0 Å². The molecule has 0 saturated heterocycles. The van der Waals surface area contributed by atoms with Gasteiger partial charge in [-0.05, 0) is 86.3 Å². The number of thioether (sulfide) groups is 1. The van der Waals surface area contributed by atoms with Crippen molar-refractivity contribution in [2.45, 2.75) is 63.6 Å². The zero-order valence-corrected chi connectivity index (χ0v) is 24.9. The van der Waals surface area contributed by atoms with E-state index in [-0.39, 0.29) is 11.7 Å². The van der Waals surface area contributed by atoms with E-state index in [1.807, 2.05) is 29.6 Å². The minimum absolute atomic E-state index is 0.173. The van der Waals surface area contributed by atoms with E-state index < -0.39 is 5.97 Å². The molecule has 0 unspecified atom stereocenters. The number of amides is 1. The highest BCUT2D eigenvalue weighted by Crippen LogP contribution is 2.61. The van der Waals surface area contributed by atoms with Crippen molar-refractivity contribution in [1.82, 2.24) is 14.8 Å². The average molecular weight is 581 g/mol. The molecule has 0 spiro atoms. The standard InChI is InChI=1S/C30H36N4O4S2/c1-4-34-24(15-30-12-18-9-19(13-30)11-20(10-18)14-30)32-33-29(34)40-17-25(35)31-27-26(28(36)38-3)23(16-39-27)21-5-7-22(37-2)8-6-21/h5-8,16,18-20H,4,9-15,17H2,1-3H3,(H,31,35). The van der Waals surface area contributed by atoms with Crippen LogP contribution in [0.25, 0.3) is 11.1 Å². The zero-order chi connectivity index (χ0) is 27.9. The van der Waals surface area contributed by atoms with Crippen LogP contribution in [0.2, 0.25) is 0 Å². The van der Waals surface area contributed by atoms with E-state index in [4.69, 9.17) is 9.47 Å². The Balaban J connectivity index is 1.13. The molecule has 0 aliphatic heterocycles. The van der Waals surface area contributed by atoms with Gasteiger partial charge in [-0.2, -0.15) is 0 Å². The van der Waals surface area contributed by atoms with Gasteiger partial charge in [-0.3, -0.25) is 4.79 Å². The summed E-state index contributed by atoms with van der Waals surface area (Å²) in [6.07, 6.45) is 9.29. The first kappa shape index (κ1) is 27.3. The number of ether oxygens (including phenoxy) is 2. The number of aromatic nitrogens is 3. The van der Waals surface area contributed by atoms with Crippen molar-refractivity contribution in [2.75, 3.05) is 25.3 Å². The second-order valence-corrected chi connectivity index (χ2v) is 13.5. The van der Waals surface area contributed by atoms with Gasteiger partial charge in [-0.1, -0.05) is 23.9 Å². The SMILES string of the molecule is CCn1c(CC23CC4CC(CC(C4)C2)C3)nnc1SCC(=O)Nc1scc(-c2ccc(OC)cc2)c1C(=O)OC. The number of esters is 1. The van der Waals surface area contributed by atoms with E-state index in [0.29, 0.717) is 21.5 Å². The molecule has 4 aliphatic carbocycles. The first-order chi connectivity index (χ1) is 19.4. The van der Waals surface area contributed by atoms with Crippen molar-refractivity contribution >= 4 is 40.0 Å². The first-order valence-electron chi connectivity index (χ1n) is 14.1. The van der Waals surface area contributed by atoms with Crippen LogP contribution in [0.5, 0.6) is 5.75 Å². The molecule has 4 aliphatic rings. The molecule has 0 radical (unpaired) electrons. The number of hydrogen-bond donors (Lipinski definition) is 1. The smallest absolute Gasteiger partial charge is 0.341 e. The van der Waals surface area contributed by atoms with Crippen LogP contribution in [-0.2, 0) is 22.5 Å². The predicted octanol–water partition coefficient (Wildman–Crippen LogP) is 6.31. The van der Waals surface area contributed by atoms with Gasteiger partial charge in [-0.25, -0.2) is 4.79 Å².